The Hall–Kier alpha value is -3.13. The summed E-state index contributed by atoms with van der Waals surface area (Å²) in [7, 11) is 1.80. The van der Waals surface area contributed by atoms with Crippen LogP contribution in [0.3, 0.4) is 0 Å². The van der Waals surface area contributed by atoms with Crippen molar-refractivity contribution in [2.45, 2.75) is 32.2 Å². The molecule has 9 heteroatoms. The molecule has 2 saturated heterocycles. The zero-order valence-electron chi connectivity index (χ0n) is 18.1. The van der Waals surface area contributed by atoms with E-state index in [1.165, 1.54) is 0 Å². The van der Waals surface area contributed by atoms with Crippen molar-refractivity contribution < 1.29 is 9.59 Å². The van der Waals surface area contributed by atoms with E-state index in [0.29, 0.717) is 30.2 Å². The normalized spacial score (nSPS) is 18.7. The Balaban J connectivity index is 1.49. The van der Waals surface area contributed by atoms with Gasteiger partial charge in [0.15, 0.2) is 11.4 Å². The molecule has 0 saturated carbocycles. The Morgan fingerprint density at radius 2 is 2.03 bits per heavy atom. The fourth-order valence-corrected chi connectivity index (χ4v) is 4.75. The molecule has 2 aliphatic heterocycles. The standard InChI is InChI=1S/C23H25ClN6O2/c1-14-11-30-21(26-22(14)28-12-16(31)13-28)10-19(27-30)20-5-3-4-8-29(20)23(32)17-9-15(24)6-7-18(17)25-2/h6-7,9-11,20,25H,3-5,8,12-13H2,1-2H3/t20-/m0/s1. The monoisotopic (exact) mass is 452 g/mol. The van der Waals surface area contributed by atoms with Gasteiger partial charge in [0.25, 0.3) is 5.91 Å². The highest BCUT2D eigenvalue weighted by molar-refractivity contribution is 6.31. The highest BCUT2D eigenvalue weighted by Crippen LogP contribution is 2.34. The maximum atomic E-state index is 13.5. The first-order valence-electron chi connectivity index (χ1n) is 10.9. The number of anilines is 2. The van der Waals surface area contributed by atoms with Crippen molar-refractivity contribution in [2.24, 2.45) is 0 Å². The van der Waals surface area contributed by atoms with Crippen LogP contribution in [0.25, 0.3) is 5.65 Å². The fourth-order valence-electron chi connectivity index (χ4n) is 4.58. The van der Waals surface area contributed by atoms with Crippen molar-refractivity contribution in [3.8, 4) is 0 Å². The summed E-state index contributed by atoms with van der Waals surface area (Å²) in [5, 5.41) is 8.40. The number of Topliss-reactive ketones (excluding diaryl/α,β-unsaturated/α-hetero) is 1. The van der Waals surface area contributed by atoms with Crippen LogP contribution in [-0.4, -0.2) is 57.9 Å². The number of benzene rings is 1. The van der Waals surface area contributed by atoms with Crippen molar-refractivity contribution in [3.05, 3.63) is 52.3 Å². The van der Waals surface area contributed by atoms with E-state index in [0.717, 1.165) is 47.7 Å². The van der Waals surface area contributed by atoms with Crippen LogP contribution in [0.15, 0.2) is 30.5 Å². The highest BCUT2D eigenvalue weighted by Gasteiger charge is 2.32. The summed E-state index contributed by atoms with van der Waals surface area (Å²) in [6.07, 6.45) is 4.77. The number of likely N-dealkylation sites (tertiary alicyclic amines) is 1. The molecule has 5 rings (SSSR count). The van der Waals surface area contributed by atoms with Gasteiger partial charge in [0.2, 0.25) is 0 Å². The molecule has 3 aromatic rings. The lowest BCUT2D eigenvalue weighted by molar-refractivity contribution is -0.119. The maximum absolute atomic E-state index is 13.5. The lowest BCUT2D eigenvalue weighted by Crippen LogP contribution is -2.48. The number of aryl methyl sites for hydroxylation is 1. The Morgan fingerprint density at radius 1 is 1.22 bits per heavy atom. The van der Waals surface area contributed by atoms with Crippen molar-refractivity contribution in [3.63, 3.8) is 0 Å². The quantitative estimate of drug-likeness (QED) is 0.652. The number of carbonyl (C=O) groups excluding carboxylic acids is 2. The minimum atomic E-state index is -0.129. The third-order valence-electron chi connectivity index (χ3n) is 6.24. The van der Waals surface area contributed by atoms with E-state index in [1.807, 2.05) is 35.1 Å². The summed E-state index contributed by atoms with van der Waals surface area (Å²) in [5.41, 5.74) is 3.83. The van der Waals surface area contributed by atoms with Crippen LogP contribution in [0.1, 0.15) is 46.9 Å². The number of ketones is 1. The van der Waals surface area contributed by atoms with E-state index < -0.39 is 0 Å². The molecule has 0 radical (unpaired) electrons. The molecule has 2 fully saturated rings. The number of amides is 1. The molecule has 1 N–H and O–H groups in total. The number of carbonyl (C=O) groups is 2. The fraction of sp³-hybridized carbons (Fsp3) is 0.391. The molecule has 2 aromatic heterocycles. The molecule has 0 aliphatic carbocycles. The van der Waals surface area contributed by atoms with Crippen LogP contribution >= 0.6 is 11.6 Å². The smallest absolute Gasteiger partial charge is 0.256 e. The molecule has 2 aliphatic rings. The Morgan fingerprint density at radius 3 is 2.78 bits per heavy atom. The molecular formula is C23H25ClN6O2. The minimum Gasteiger partial charge on any atom is -0.387 e. The van der Waals surface area contributed by atoms with Crippen molar-refractivity contribution in [1.82, 2.24) is 19.5 Å². The van der Waals surface area contributed by atoms with Gasteiger partial charge in [-0.25, -0.2) is 9.50 Å². The van der Waals surface area contributed by atoms with Gasteiger partial charge in [-0.3, -0.25) is 9.59 Å². The predicted octanol–water partition coefficient (Wildman–Crippen LogP) is 3.49. The zero-order valence-corrected chi connectivity index (χ0v) is 18.9. The molecule has 0 spiro atoms. The van der Waals surface area contributed by atoms with Gasteiger partial charge in [-0.2, -0.15) is 5.10 Å². The predicted molar refractivity (Wildman–Crippen MR) is 124 cm³/mol. The first kappa shape index (κ1) is 20.8. The summed E-state index contributed by atoms with van der Waals surface area (Å²) in [4.78, 5) is 33.6. The van der Waals surface area contributed by atoms with E-state index in [-0.39, 0.29) is 17.7 Å². The summed E-state index contributed by atoms with van der Waals surface area (Å²) in [6, 6.07) is 7.15. The molecule has 0 unspecified atom stereocenters. The Kier molecular flexibility index (Phi) is 5.25. The first-order valence-corrected chi connectivity index (χ1v) is 11.2. The van der Waals surface area contributed by atoms with Crippen LogP contribution in [0.5, 0.6) is 0 Å². The highest BCUT2D eigenvalue weighted by atomic mass is 35.5. The molecule has 166 valence electrons. The number of hydrogen-bond acceptors (Lipinski definition) is 6. The number of piperidine rings is 1. The van der Waals surface area contributed by atoms with Gasteiger partial charge in [0.05, 0.1) is 30.4 Å². The molecule has 32 heavy (non-hydrogen) atoms. The molecule has 0 bridgehead atoms. The average Bonchev–Trinajstić information content (AvgIpc) is 3.18. The number of hydrogen-bond donors (Lipinski definition) is 1. The second-order valence-corrected chi connectivity index (χ2v) is 8.90. The van der Waals surface area contributed by atoms with Crippen molar-refractivity contribution in [1.29, 1.82) is 0 Å². The number of rotatable bonds is 4. The Bertz CT molecular complexity index is 1210. The van der Waals surface area contributed by atoms with E-state index in [4.69, 9.17) is 21.7 Å². The maximum Gasteiger partial charge on any atom is 0.256 e. The number of fused-ring (bicyclic) bond motifs is 1. The topological polar surface area (TPSA) is 82.8 Å². The number of halogens is 1. The molecule has 4 heterocycles. The molecule has 1 atom stereocenters. The molecule has 1 amide bonds. The zero-order chi connectivity index (χ0) is 22.4. The first-order chi connectivity index (χ1) is 15.4. The van der Waals surface area contributed by atoms with Crippen LogP contribution in [0.4, 0.5) is 11.5 Å². The molecular weight excluding hydrogens is 428 g/mol. The SMILES string of the molecule is CNc1ccc(Cl)cc1C(=O)N1CCCC[C@H]1c1cc2nc(N3CC(=O)C3)c(C)cn2n1. The average molecular weight is 453 g/mol. The van der Waals surface area contributed by atoms with Gasteiger partial charge < -0.3 is 15.1 Å². The van der Waals surface area contributed by atoms with Gasteiger partial charge in [-0.1, -0.05) is 11.6 Å². The third kappa shape index (κ3) is 3.58. The van der Waals surface area contributed by atoms with Crippen LogP contribution in [0.2, 0.25) is 5.02 Å². The van der Waals surface area contributed by atoms with Gasteiger partial charge in [-0.05, 0) is 44.4 Å². The van der Waals surface area contributed by atoms with Gasteiger partial charge in [-0.15, -0.1) is 0 Å². The summed E-state index contributed by atoms with van der Waals surface area (Å²) in [5.74, 6) is 0.985. The second kappa shape index (κ2) is 8.09. The summed E-state index contributed by atoms with van der Waals surface area (Å²) >= 11 is 6.20. The van der Waals surface area contributed by atoms with Crippen LogP contribution in [0, 0.1) is 6.92 Å². The van der Waals surface area contributed by atoms with E-state index in [1.54, 1.807) is 23.7 Å². The largest absolute Gasteiger partial charge is 0.387 e. The van der Waals surface area contributed by atoms with Gasteiger partial charge in [0.1, 0.15) is 5.82 Å². The summed E-state index contributed by atoms with van der Waals surface area (Å²) < 4.78 is 1.77. The third-order valence-corrected chi connectivity index (χ3v) is 6.48. The van der Waals surface area contributed by atoms with Crippen molar-refractivity contribution >= 4 is 40.4 Å². The lowest BCUT2D eigenvalue weighted by Gasteiger charge is -2.35. The van der Waals surface area contributed by atoms with E-state index in [2.05, 4.69) is 5.32 Å². The van der Waals surface area contributed by atoms with Crippen LogP contribution < -0.4 is 10.2 Å². The molecule has 8 nitrogen and oxygen atoms in total. The second-order valence-electron chi connectivity index (χ2n) is 8.46. The number of aromatic nitrogens is 3. The minimum absolute atomic E-state index is 0.0532. The van der Waals surface area contributed by atoms with Crippen molar-refractivity contribution in [2.75, 3.05) is 36.9 Å². The molecule has 1 aromatic carbocycles. The lowest BCUT2D eigenvalue weighted by atomic mass is 9.98. The van der Waals surface area contributed by atoms with Crippen LogP contribution in [-0.2, 0) is 4.79 Å². The van der Waals surface area contributed by atoms with Gasteiger partial charge >= 0.3 is 0 Å². The van der Waals surface area contributed by atoms with Gasteiger partial charge in [0, 0.05) is 42.1 Å². The Labute approximate surface area is 191 Å². The number of nitrogens with one attached hydrogen (secondary N) is 1. The van der Waals surface area contributed by atoms with E-state index >= 15 is 0 Å². The summed E-state index contributed by atoms with van der Waals surface area (Å²) in [6.45, 7) is 3.45. The van der Waals surface area contributed by atoms with E-state index in [9.17, 15) is 9.59 Å². The number of nitrogens with zero attached hydrogens (tertiary/aromatic N) is 5.